The van der Waals surface area contributed by atoms with E-state index in [1.54, 1.807) is 7.11 Å². The molecule has 0 bridgehead atoms. The van der Waals surface area contributed by atoms with Crippen LogP contribution in [0.2, 0.25) is 0 Å². The van der Waals surface area contributed by atoms with Crippen LogP contribution in [0.1, 0.15) is 19.8 Å². The summed E-state index contributed by atoms with van der Waals surface area (Å²) in [5, 5.41) is 10.1. The topological polar surface area (TPSA) is 41.9 Å². The lowest BCUT2D eigenvalue weighted by atomic mass is 10.0. The van der Waals surface area contributed by atoms with Gasteiger partial charge in [0.05, 0.1) is 7.11 Å². The summed E-state index contributed by atoms with van der Waals surface area (Å²) in [5.74, 6) is 2.30. The molecule has 0 saturated carbocycles. The molecule has 4 nitrogen and oxygen atoms in total. The molecular weight excluding hydrogens is 254 g/mol. The van der Waals surface area contributed by atoms with E-state index in [2.05, 4.69) is 11.8 Å². The highest BCUT2D eigenvalue weighted by Gasteiger charge is 2.19. The summed E-state index contributed by atoms with van der Waals surface area (Å²) < 4.78 is 10.7. The van der Waals surface area contributed by atoms with E-state index in [0.29, 0.717) is 13.2 Å². The maximum absolute atomic E-state index is 10.1. The lowest BCUT2D eigenvalue weighted by Crippen LogP contribution is -2.41. The minimum Gasteiger partial charge on any atom is -0.497 e. The zero-order valence-electron chi connectivity index (χ0n) is 12.4. The molecule has 1 saturated heterocycles. The van der Waals surface area contributed by atoms with E-state index in [9.17, 15) is 5.11 Å². The van der Waals surface area contributed by atoms with Gasteiger partial charge < -0.3 is 19.5 Å². The van der Waals surface area contributed by atoms with E-state index in [1.165, 1.54) is 12.8 Å². The van der Waals surface area contributed by atoms with Gasteiger partial charge >= 0.3 is 0 Å². The van der Waals surface area contributed by atoms with E-state index in [0.717, 1.165) is 30.5 Å². The SMILES string of the molecule is COc1ccc(OCC(O)CN2CCCC(C)C2)cc1. The molecule has 112 valence electrons. The molecule has 20 heavy (non-hydrogen) atoms. The first-order chi connectivity index (χ1) is 9.67. The number of aliphatic hydroxyl groups is 1. The van der Waals surface area contributed by atoms with Crippen molar-refractivity contribution in [2.75, 3.05) is 33.4 Å². The Morgan fingerprint density at radius 2 is 2.00 bits per heavy atom. The standard InChI is InChI=1S/C16H25NO3/c1-13-4-3-9-17(10-13)11-14(18)12-20-16-7-5-15(19-2)6-8-16/h5-8,13-14,18H,3-4,9-12H2,1-2H3. The molecule has 2 rings (SSSR count). The summed E-state index contributed by atoms with van der Waals surface area (Å²) in [5.41, 5.74) is 0. The van der Waals surface area contributed by atoms with Crippen LogP contribution in [0.3, 0.4) is 0 Å². The zero-order valence-corrected chi connectivity index (χ0v) is 12.4. The van der Waals surface area contributed by atoms with Crippen LogP contribution in [0.5, 0.6) is 11.5 Å². The number of β-amino-alcohol motifs (C(OH)–C–C–N with tert-alkyl or cyclic N) is 1. The number of methoxy groups -OCH3 is 1. The van der Waals surface area contributed by atoms with Crippen molar-refractivity contribution in [3.05, 3.63) is 24.3 Å². The maximum Gasteiger partial charge on any atom is 0.119 e. The Morgan fingerprint density at radius 1 is 1.30 bits per heavy atom. The van der Waals surface area contributed by atoms with Crippen molar-refractivity contribution in [3.63, 3.8) is 0 Å². The average molecular weight is 279 g/mol. The number of ether oxygens (including phenoxy) is 2. The molecule has 1 N–H and O–H groups in total. The van der Waals surface area contributed by atoms with Crippen molar-refractivity contribution in [1.82, 2.24) is 4.90 Å². The molecule has 4 heteroatoms. The molecule has 0 aromatic heterocycles. The quantitative estimate of drug-likeness (QED) is 0.866. The molecule has 1 aliphatic rings. The lowest BCUT2D eigenvalue weighted by Gasteiger charge is -2.32. The average Bonchev–Trinajstić information content (AvgIpc) is 2.46. The fourth-order valence-electron chi connectivity index (χ4n) is 2.67. The van der Waals surface area contributed by atoms with Crippen LogP contribution < -0.4 is 9.47 Å². The van der Waals surface area contributed by atoms with Crippen LogP contribution >= 0.6 is 0 Å². The minimum atomic E-state index is -0.442. The monoisotopic (exact) mass is 279 g/mol. The number of hydrogen-bond acceptors (Lipinski definition) is 4. The molecule has 1 aromatic carbocycles. The van der Waals surface area contributed by atoms with Gasteiger partial charge in [-0.25, -0.2) is 0 Å². The summed E-state index contributed by atoms with van der Waals surface area (Å²) in [6.45, 7) is 5.47. The predicted octanol–water partition coefficient (Wildman–Crippen LogP) is 2.17. The summed E-state index contributed by atoms with van der Waals surface area (Å²) in [6.07, 6.45) is 2.09. The number of likely N-dealkylation sites (tertiary alicyclic amines) is 1. The Morgan fingerprint density at radius 3 is 2.65 bits per heavy atom. The number of hydrogen-bond donors (Lipinski definition) is 1. The number of benzene rings is 1. The molecule has 1 aliphatic heterocycles. The van der Waals surface area contributed by atoms with Crippen molar-refractivity contribution >= 4 is 0 Å². The first-order valence-corrected chi connectivity index (χ1v) is 7.34. The van der Waals surface area contributed by atoms with E-state index in [-0.39, 0.29) is 0 Å². The maximum atomic E-state index is 10.1. The fraction of sp³-hybridized carbons (Fsp3) is 0.625. The lowest BCUT2D eigenvalue weighted by molar-refractivity contribution is 0.0537. The van der Waals surface area contributed by atoms with Crippen molar-refractivity contribution in [2.45, 2.75) is 25.9 Å². The predicted molar refractivity (Wildman–Crippen MR) is 79.3 cm³/mol. The highest BCUT2D eigenvalue weighted by atomic mass is 16.5. The summed E-state index contributed by atoms with van der Waals surface area (Å²) in [7, 11) is 1.64. The largest absolute Gasteiger partial charge is 0.497 e. The molecule has 0 spiro atoms. The number of nitrogens with zero attached hydrogens (tertiary/aromatic N) is 1. The van der Waals surface area contributed by atoms with Crippen molar-refractivity contribution < 1.29 is 14.6 Å². The van der Waals surface area contributed by atoms with Gasteiger partial charge in [-0.15, -0.1) is 0 Å². The molecule has 0 amide bonds. The number of rotatable bonds is 6. The van der Waals surface area contributed by atoms with Crippen LogP contribution in [-0.2, 0) is 0 Å². The van der Waals surface area contributed by atoms with Crippen LogP contribution in [0.25, 0.3) is 0 Å². The summed E-state index contributed by atoms with van der Waals surface area (Å²) in [6, 6.07) is 7.42. The van der Waals surface area contributed by atoms with E-state index in [1.807, 2.05) is 24.3 Å². The van der Waals surface area contributed by atoms with Gasteiger partial charge in [0, 0.05) is 13.1 Å². The molecule has 2 atom stereocenters. The van der Waals surface area contributed by atoms with Gasteiger partial charge in [0.15, 0.2) is 0 Å². The third kappa shape index (κ3) is 4.69. The first kappa shape index (κ1) is 15.1. The Balaban J connectivity index is 1.72. The van der Waals surface area contributed by atoms with Crippen molar-refractivity contribution in [1.29, 1.82) is 0 Å². The number of piperidine rings is 1. The van der Waals surface area contributed by atoms with E-state index in [4.69, 9.17) is 9.47 Å². The van der Waals surface area contributed by atoms with Gasteiger partial charge in [-0.05, 0) is 49.6 Å². The molecule has 0 radical (unpaired) electrons. The third-order valence-electron chi connectivity index (χ3n) is 3.71. The molecule has 2 unspecified atom stereocenters. The van der Waals surface area contributed by atoms with Gasteiger partial charge in [-0.2, -0.15) is 0 Å². The molecular formula is C16H25NO3. The smallest absolute Gasteiger partial charge is 0.119 e. The Hall–Kier alpha value is -1.26. The molecule has 1 aromatic rings. The fourth-order valence-corrected chi connectivity index (χ4v) is 2.67. The third-order valence-corrected chi connectivity index (χ3v) is 3.71. The van der Waals surface area contributed by atoms with Crippen LogP contribution in [-0.4, -0.2) is 49.5 Å². The minimum absolute atomic E-state index is 0.331. The highest BCUT2D eigenvalue weighted by Crippen LogP contribution is 2.18. The molecule has 0 aliphatic carbocycles. The molecule has 1 fully saturated rings. The number of aliphatic hydroxyl groups excluding tert-OH is 1. The summed E-state index contributed by atoms with van der Waals surface area (Å²) >= 11 is 0. The summed E-state index contributed by atoms with van der Waals surface area (Å²) in [4.78, 5) is 2.33. The van der Waals surface area contributed by atoms with E-state index >= 15 is 0 Å². The van der Waals surface area contributed by atoms with Crippen LogP contribution in [0.15, 0.2) is 24.3 Å². The Labute approximate surface area is 121 Å². The van der Waals surface area contributed by atoms with Gasteiger partial charge in [0.25, 0.3) is 0 Å². The second kappa shape index (κ2) is 7.50. The van der Waals surface area contributed by atoms with Crippen LogP contribution in [0.4, 0.5) is 0 Å². The van der Waals surface area contributed by atoms with E-state index < -0.39 is 6.10 Å². The second-order valence-electron chi connectivity index (χ2n) is 5.65. The zero-order chi connectivity index (χ0) is 14.4. The first-order valence-electron chi connectivity index (χ1n) is 7.34. The van der Waals surface area contributed by atoms with Gasteiger partial charge in [0.2, 0.25) is 0 Å². The van der Waals surface area contributed by atoms with Crippen LogP contribution in [0, 0.1) is 5.92 Å². The molecule has 1 heterocycles. The van der Waals surface area contributed by atoms with Crippen molar-refractivity contribution in [2.24, 2.45) is 5.92 Å². The van der Waals surface area contributed by atoms with Gasteiger partial charge in [0.1, 0.15) is 24.2 Å². The van der Waals surface area contributed by atoms with Crippen molar-refractivity contribution in [3.8, 4) is 11.5 Å². The second-order valence-corrected chi connectivity index (χ2v) is 5.65. The Kier molecular flexibility index (Phi) is 5.68. The highest BCUT2D eigenvalue weighted by molar-refractivity contribution is 5.31. The Bertz CT molecular complexity index is 393. The van der Waals surface area contributed by atoms with Gasteiger partial charge in [-0.3, -0.25) is 0 Å². The normalized spacial score (nSPS) is 21.4. The van der Waals surface area contributed by atoms with Gasteiger partial charge in [-0.1, -0.05) is 6.92 Å².